The SMILES string of the molecule is COC(=O)C(C(=S)N=P(N1CCOCC1)(N1CCOCC1)C(C)(C)C)c1ccc(C(=S)N=P(N2CCOCC2)(N2CCOCC2)C(C)(C)C)n1C. The van der Waals surface area contributed by atoms with E-state index in [1.54, 1.807) is 0 Å². The van der Waals surface area contributed by atoms with Gasteiger partial charge in [0.15, 0.2) is 4.99 Å². The molecule has 17 heteroatoms. The second-order valence-corrected chi connectivity index (χ2v) is 23.7. The molecule has 4 saturated heterocycles. The molecule has 5 heterocycles. The van der Waals surface area contributed by atoms with Gasteiger partial charge in [0.05, 0.1) is 65.7 Å². The molecule has 1 atom stereocenters. The molecule has 0 N–H and O–H groups in total. The minimum Gasteiger partial charge on any atom is -0.468 e. The molecule has 51 heavy (non-hydrogen) atoms. The highest BCUT2D eigenvalue weighted by Gasteiger charge is 2.48. The third kappa shape index (κ3) is 8.36. The van der Waals surface area contributed by atoms with Crippen LogP contribution in [0.25, 0.3) is 0 Å². The number of rotatable bonds is 8. The molecule has 5 rings (SSSR count). The van der Waals surface area contributed by atoms with Crippen molar-refractivity contribution < 1.29 is 28.5 Å². The monoisotopic (exact) mass is 787 g/mol. The van der Waals surface area contributed by atoms with Crippen molar-refractivity contribution in [2.24, 2.45) is 16.5 Å². The van der Waals surface area contributed by atoms with Crippen molar-refractivity contribution in [3.63, 3.8) is 0 Å². The summed E-state index contributed by atoms with van der Waals surface area (Å²) in [7, 11) is -1.57. The van der Waals surface area contributed by atoms with Crippen molar-refractivity contribution in [3.8, 4) is 0 Å². The number of nitrogens with zero attached hydrogens (tertiary/aromatic N) is 7. The lowest BCUT2D eigenvalue weighted by molar-refractivity contribution is -0.140. The molecular formula is C34H59N7O6P2S2. The molecule has 0 saturated carbocycles. The van der Waals surface area contributed by atoms with Gasteiger partial charge in [-0.05, 0) is 12.1 Å². The Morgan fingerprint density at radius 2 is 1.04 bits per heavy atom. The first-order valence-corrected chi connectivity index (χ1v) is 22.2. The maximum absolute atomic E-state index is 13.8. The predicted molar refractivity (Wildman–Crippen MR) is 212 cm³/mol. The van der Waals surface area contributed by atoms with Crippen molar-refractivity contribution in [2.45, 2.75) is 57.8 Å². The van der Waals surface area contributed by atoms with E-state index < -0.39 is 26.6 Å². The van der Waals surface area contributed by atoms with Crippen LogP contribution in [-0.2, 0) is 35.5 Å². The van der Waals surface area contributed by atoms with Gasteiger partial charge in [0.25, 0.3) is 0 Å². The molecule has 1 aromatic heterocycles. The average molecular weight is 788 g/mol. The zero-order chi connectivity index (χ0) is 37.0. The van der Waals surface area contributed by atoms with Crippen LogP contribution >= 0.6 is 39.1 Å². The second-order valence-electron chi connectivity index (χ2n) is 15.2. The van der Waals surface area contributed by atoms with Crippen molar-refractivity contribution in [1.29, 1.82) is 0 Å². The number of morpholine rings is 4. The van der Waals surface area contributed by atoms with E-state index in [1.807, 2.05) is 23.7 Å². The molecule has 4 aliphatic rings. The third-order valence-electron chi connectivity index (χ3n) is 10.2. The van der Waals surface area contributed by atoms with Gasteiger partial charge >= 0.3 is 5.97 Å². The van der Waals surface area contributed by atoms with Crippen LogP contribution in [0.4, 0.5) is 0 Å². The van der Waals surface area contributed by atoms with Gasteiger partial charge < -0.3 is 28.3 Å². The fourth-order valence-corrected chi connectivity index (χ4v) is 17.8. The zero-order valence-electron chi connectivity index (χ0n) is 31.8. The summed E-state index contributed by atoms with van der Waals surface area (Å²) in [6.07, 6.45) is 0. The molecule has 0 amide bonds. The smallest absolute Gasteiger partial charge is 0.321 e. The van der Waals surface area contributed by atoms with Gasteiger partial charge in [-0.1, -0.05) is 66.0 Å². The third-order valence-corrected chi connectivity index (χ3v) is 20.4. The molecule has 4 fully saturated rings. The topological polar surface area (TPSA) is 106 Å². The normalized spacial score (nSPS) is 22.0. The first-order valence-electron chi connectivity index (χ1n) is 18.1. The largest absolute Gasteiger partial charge is 0.468 e. The van der Waals surface area contributed by atoms with E-state index in [-0.39, 0.29) is 10.3 Å². The van der Waals surface area contributed by atoms with Crippen LogP contribution < -0.4 is 0 Å². The van der Waals surface area contributed by atoms with Crippen molar-refractivity contribution in [3.05, 3.63) is 23.5 Å². The molecular weight excluding hydrogens is 728 g/mol. The highest BCUT2D eigenvalue weighted by Crippen LogP contribution is 2.68. The Hall–Kier alpha value is -0.930. The average Bonchev–Trinajstić information content (AvgIpc) is 3.50. The van der Waals surface area contributed by atoms with Crippen molar-refractivity contribution >= 4 is 55.1 Å². The van der Waals surface area contributed by atoms with E-state index in [2.05, 4.69) is 60.2 Å². The van der Waals surface area contributed by atoms with Crippen LogP contribution in [0.1, 0.15) is 58.8 Å². The number of esters is 1. The summed E-state index contributed by atoms with van der Waals surface area (Å²) in [5, 5.41) is -0.473. The summed E-state index contributed by atoms with van der Waals surface area (Å²) < 4.78 is 51.7. The van der Waals surface area contributed by atoms with E-state index in [0.717, 1.165) is 58.1 Å². The van der Waals surface area contributed by atoms with Gasteiger partial charge in [0, 0.05) is 75.4 Å². The molecule has 0 bridgehead atoms. The summed E-state index contributed by atoms with van der Waals surface area (Å²) in [4.78, 5) is 14.6. The maximum Gasteiger partial charge on any atom is 0.321 e. The number of methoxy groups -OCH3 is 1. The quantitative estimate of drug-likeness (QED) is 0.195. The molecule has 4 aliphatic heterocycles. The van der Waals surface area contributed by atoms with Gasteiger partial charge in [-0.15, -0.1) is 0 Å². The van der Waals surface area contributed by atoms with Gasteiger partial charge in [-0.3, -0.25) is 23.5 Å². The highest BCUT2D eigenvalue weighted by molar-refractivity contribution is 7.81. The molecule has 0 spiro atoms. The van der Waals surface area contributed by atoms with Crippen LogP contribution in [0, 0.1) is 0 Å². The van der Waals surface area contributed by atoms with Crippen LogP contribution in [0.15, 0.2) is 21.6 Å². The Kier molecular flexibility index (Phi) is 13.9. The Morgan fingerprint density at radius 1 is 0.686 bits per heavy atom. The van der Waals surface area contributed by atoms with Crippen LogP contribution in [0.5, 0.6) is 0 Å². The van der Waals surface area contributed by atoms with Crippen molar-refractivity contribution in [2.75, 3.05) is 112 Å². The van der Waals surface area contributed by atoms with Gasteiger partial charge in [-0.2, -0.15) is 0 Å². The Balaban J connectivity index is 1.62. The number of ether oxygens (including phenoxy) is 5. The molecule has 0 radical (unpaired) electrons. The zero-order valence-corrected chi connectivity index (χ0v) is 35.3. The second kappa shape index (κ2) is 17.3. The Labute approximate surface area is 315 Å². The predicted octanol–water partition coefficient (Wildman–Crippen LogP) is 5.27. The number of aromatic nitrogens is 1. The number of hydrogen-bond acceptors (Lipinski definition) is 8. The first-order chi connectivity index (χ1) is 24.2. The highest BCUT2D eigenvalue weighted by atomic mass is 32.1. The fourth-order valence-electron chi connectivity index (χ4n) is 7.81. The number of hydrogen-bond donors (Lipinski definition) is 0. The van der Waals surface area contributed by atoms with Gasteiger partial charge in [0.1, 0.15) is 25.6 Å². The summed E-state index contributed by atoms with van der Waals surface area (Å²) in [5.74, 6) is -1.36. The van der Waals surface area contributed by atoms with Gasteiger partial charge in [0.2, 0.25) is 0 Å². The van der Waals surface area contributed by atoms with Crippen molar-refractivity contribution in [1.82, 2.24) is 23.2 Å². The molecule has 0 aromatic carbocycles. The minimum absolute atomic E-state index is 0.201. The summed E-state index contributed by atoms with van der Waals surface area (Å²) in [5.41, 5.74) is 1.43. The molecule has 1 aromatic rings. The van der Waals surface area contributed by atoms with E-state index in [9.17, 15) is 4.79 Å². The van der Waals surface area contributed by atoms with E-state index in [1.165, 1.54) is 7.11 Å². The molecule has 13 nitrogen and oxygen atoms in total. The Bertz CT molecular complexity index is 1470. The molecule has 288 valence electrons. The van der Waals surface area contributed by atoms with E-state index in [0.29, 0.717) is 68.5 Å². The van der Waals surface area contributed by atoms with Gasteiger partial charge in [-0.25, -0.2) is 9.49 Å². The maximum atomic E-state index is 13.8. The van der Waals surface area contributed by atoms with E-state index >= 15 is 0 Å². The lowest BCUT2D eigenvalue weighted by Gasteiger charge is -2.52. The summed E-state index contributed by atoms with van der Waals surface area (Å²) >= 11 is 12.5. The lowest BCUT2D eigenvalue weighted by Crippen LogP contribution is -2.48. The number of thiocarbonyl (C=S) groups is 2. The summed E-state index contributed by atoms with van der Waals surface area (Å²) in [6.45, 7) is 24.8. The Morgan fingerprint density at radius 3 is 1.37 bits per heavy atom. The van der Waals surface area contributed by atoms with Crippen LogP contribution in [0.3, 0.4) is 0 Å². The fraction of sp³-hybridized carbons (Fsp3) is 0.794. The minimum atomic E-state index is -2.52. The molecule has 1 unspecified atom stereocenters. The van der Waals surface area contributed by atoms with E-state index in [4.69, 9.17) is 57.6 Å². The first kappa shape index (κ1) is 41.2. The number of carbonyl (C=O) groups excluding carboxylic acids is 1. The standard InChI is InChI=1S/C34H59N7O6P2S2/c1-33(2,3)48(38-11-19-44-20-12-38,39-13-21-45-22-14-39)35-30(50)28-10-9-27(37(28)7)29(32(42)43-8)31(51)36-49(34(4,5)6,40-15-23-46-24-16-40)41-17-25-47-26-18-41/h9-10,29H,11-26H2,1-8H3. The van der Waals surface area contributed by atoms with Crippen LogP contribution in [-0.4, -0.2) is 162 Å². The summed E-state index contributed by atoms with van der Waals surface area (Å²) in [6, 6.07) is 3.90. The lowest BCUT2D eigenvalue weighted by atomic mass is 10.1. The number of carbonyl (C=O) groups is 1. The molecule has 0 aliphatic carbocycles. The van der Waals surface area contributed by atoms with Crippen LogP contribution in [0.2, 0.25) is 0 Å².